The molecule has 0 saturated heterocycles. The fraction of sp³-hybridized carbons (Fsp3) is 0.500. The van der Waals surface area contributed by atoms with Crippen LogP contribution < -0.4 is 11.1 Å². The average Bonchev–Trinajstić information content (AvgIpc) is 3.20. The van der Waals surface area contributed by atoms with Crippen molar-refractivity contribution in [2.24, 2.45) is 0 Å². The summed E-state index contributed by atoms with van der Waals surface area (Å²) in [4.78, 5) is 11.8. The van der Waals surface area contributed by atoms with Crippen LogP contribution >= 0.6 is 11.3 Å². The van der Waals surface area contributed by atoms with Gasteiger partial charge < -0.3 is 11.1 Å². The molecule has 3 rings (SSSR count). The van der Waals surface area contributed by atoms with Crippen molar-refractivity contribution < 1.29 is 0 Å². The van der Waals surface area contributed by atoms with Gasteiger partial charge in [0.25, 0.3) is 0 Å². The Bertz CT molecular complexity index is 673. The van der Waals surface area contributed by atoms with Crippen molar-refractivity contribution in [2.45, 2.75) is 52.5 Å². The van der Waals surface area contributed by atoms with Crippen LogP contribution in [0.1, 0.15) is 58.4 Å². The minimum atomic E-state index is 0.218. The Morgan fingerprint density at radius 1 is 1.29 bits per heavy atom. The van der Waals surface area contributed by atoms with Gasteiger partial charge in [0.05, 0.1) is 6.04 Å². The van der Waals surface area contributed by atoms with Gasteiger partial charge in [-0.1, -0.05) is 0 Å². The van der Waals surface area contributed by atoms with Gasteiger partial charge in [-0.3, -0.25) is 0 Å². The number of thiophene rings is 1. The molecule has 5 heteroatoms. The minimum Gasteiger partial charge on any atom is -0.383 e. The Hall–Kier alpha value is -1.62. The van der Waals surface area contributed by atoms with Gasteiger partial charge in [0.15, 0.2) is 0 Å². The van der Waals surface area contributed by atoms with Crippen LogP contribution in [0, 0.1) is 20.8 Å². The fourth-order valence-corrected chi connectivity index (χ4v) is 3.60. The molecule has 1 atom stereocenters. The van der Waals surface area contributed by atoms with Crippen molar-refractivity contribution in [3.63, 3.8) is 0 Å². The summed E-state index contributed by atoms with van der Waals surface area (Å²) in [6.07, 6.45) is 2.36. The molecule has 1 aliphatic carbocycles. The second-order valence-electron chi connectivity index (χ2n) is 5.95. The van der Waals surface area contributed by atoms with E-state index in [2.05, 4.69) is 37.1 Å². The van der Waals surface area contributed by atoms with E-state index in [1.807, 2.05) is 18.3 Å². The molecule has 1 aliphatic rings. The first-order valence-electron chi connectivity index (χ1n) is 7.43. The minimum absolute atomic E-state index is 0.218. The Kier molecular flexibility index (Phi) is 3.61. The zero-order chi connectivity index (χ0) is 15.1. The molecular weight excluding hydrogens is 280 g/mol. The van der Waals surface area contributed by atoms with E-state index in [9.17, 15) is 0 Å². The predicted octanol–water partition coefficient (Wildman–Crippen LogP) is 4.10. The summed E-state index contributed by atoms with van der Waals surface area (Å²) >= 11 is 1.84. The lowest BCUT2D eigenvalue weighted by molar-refractivity contribution is 0.848. The van der Waals surface area contributed by atoms with Crippen LogP contribution in [0.4, 0.5) is 11.6 Å². The molecule has 0 aromatic carbocycles. The topological polar surface area (TPSA) is 63.8 Å². The normalized spacial score (nSPS) is 16.0. The molecule has 3 N–H and O–H groups in total. The van der Waals surface area contributed by atoms with E-state index < -0.39 is 0 Å². The smallest absolute Gasteiger partial charge is 0.136 e. The molecular formula is C16H22N4S. The standard InChI is InChI=1S/C16H22N4S/c1-8-7-13(11(4)21-8)10(3)18-15-9(2)14(17)19-16(20-15)12-5-6-12/h7,10,12H,5-6H2,1-4H3,(H3,17,18,19,20). The lowest BCUT2D eigenvalue weighted by Crippen LogP contribution is -2.12. The van der Waals surface area contributed by atoms with E-state index in [0.29, 0.717) is 11.7 Å². The first-order chi connectivity index (χ1) is 9.95. The third kappa shape index (κ3) is 2.88. The molecule has 0 aliphatic heterocycles. The van der Waals surface area contributed by atoms with E-state index in [1.54, 1.807) is 0 Å². The SMILES string of the molecule is Cc1cc(C(C)Nc2nc(C3CC3)nc(N)c2C)c(C)s1. The molecule has 0 bridgehead atoms. The van der Waals surface area contributed by atoms with Gasteiger partial charge in [-0.05, 0) is 52.2 Å². The number of rotatable bonds is 4. The number of aryl methyl sites for hydroxylation is 2. The maximum absolute atomic E-state index is 6.05. The van der Waals surface area contributed by atoms with Gasteiger partial charge in [0.1, 0.15) is 17.5 Å². The molecule has 4 nitrogen and oxygen atoms in total. The number of anilines is 2. The van der Waals surface area contributed by atoms with Crippen LogP contribution in [0.2, 0.25) is 0 Å². The highest BCUT2D eigenvalue weighted by Gasteiger charge is 2.28. The number of nitrogen functional groups attached to an aromatic ring is 1. The largest absolute Gasteiger partial charge is 0.383 e. The van der Waals surface area contributed by atoms with Crippen LogP contribution in [0.15, 0.2) is 6.07 Å². The number of hydrogen-bond donors (Lipinski definition) is 2. The summed E-state index contributed by atoms with van der Waals surface area (Å²) < 4.78 is 0. The Balaban J connectivity index is 1.88. The maximum Gasteiger partial charge on any atom is 0.136 e. The van der Waals surface area contributed by atoms with Crippen molar-refractivity contribution in [3.8, 4) is 0 Å². The number of aromatic nitrogens is 2. The zero-order valence-electron chi connectivity index (χ0n) is 13.0. The predicted molar refractivity (Wildman–Crippen MR) is 89.0 cm³/mol. The number of nitrogens with one attached hydrogen (secondary N) is 1. The summed E-state index contributed by atoms with van der Waals surface area (Å²) in [5, 5.41) is 3.52. The van der Waals surface area contributed by atoms with Gasteiger partial charge in [0.2, 0.25) is 0 Å². The van der Waals surface area contributed by atoms with Crippen molar-refractivity contribution in [1.82, 2.24) is 9.97 Å². The summed E-state index contributed by atoms with van der Waals surface area (Å²) in [7, 11) is 0. The number of nitrogens with two attached hydrogens (primary N) is 1. The van der Waals surface area contributed by atoms with Gasteiger partial charge >= 0.3 is 0 Å². The lowest BCUT2D eigenvalue weighted by atomic mass is 10.1. The molecule has 21 heavy (non-hydrogen) atoms. The molecule has 0 radical (unpaired) electrons. The quantitative estimate of drug-likeness (QED) is 0.892. The average molecular weight is 302 g/mol. The first kappa shape index (κ1) is 14.3. The van der Waals surface area contributed by atoms with Gasteiger partial charge in [-0.15, -0.1) is 11.3 Å². The van der Waals surface area contributed by atoms with Crippen LogP contribution in [-0.4, -0.2) is 9.97 Å². The highest BCUT2D eigenvalue weighted by molar-refractivity contribution is 7.12. The summed E-state index contributed by atoms with van der Waals surface area (Å²) in [6, 6.07) is 2.47. The molecule has 2 aromatic rings. The van der Waals surface area contributed by atoms with E-state index in [-0.39, 0.29) is 6.04 Å². The van der Waals surface area contributed by atoms with Gasteiger partial charge in [-0.2, -0.15) is 0 Å². The van der Waals surface area contributed by atoms with Crippen LogP contribution in [0.3, 0.4) is 0 Å². The van der Waals surface area contributed by atoms with Crippen molar-refractivity contribution in [3.05, 3.63) is 32.8 Å². The highest BCUT2D eigenvalue weighted by atomic mass is 32.1. The molecule has 1 fully saturated rings. The third-order valence-electron chi connectivity index (χ3n) is 4.04. The summed E-state index contributed by atoms with van der Waals surface area (Å²) in [5.41, 5.74) is 8.32. The Labute approximate surface area is 129 Å². The number of nitrogens with zero attached hydrogens (tertiary/aromatic N) is 2. The molecule has 0 spiro atoms. The second-order valence-corrected chi connectivity index (χ2v) is 7.41. The van der Waals surface area contributed by atoms with E-state index in [4.69, 9.17) is 10.7 Å². The monoisotopic (exact) mass is 302 g/mol. The molecule has 1 unspecified atom stereocenters. The maximum atomic E-state index is 6.05. The van der Waals surface area contributed by atoms with Crippen molar-refractivity contribution in [2.75, 3.05) is 11.1 Å². The lowest BCUT2D eigenvalue weighted by Gasteiger charge is -2.17. The van der Waals surface area contributed by atoms with Crippen LogP contribution in [0.25, 0.3) is 0 Å². The second kappa shape index (κ2) is 5.30. The van der Waals surface area contributed by atoms with Gasteiger partial charge in [-0.25, -0.2) is 9.97 Å². The molecule has 0 amide bonds. The van der Waals surface area contributed by atoms with Crippen LogP contribution in [0.5, 0.6) is 0 Å². The number of hydrogen-bond acceptors (Lipinski definition) is 5. The Morgan fingerprint density at radius 2 is 2.00 bits per heavy atom. The highest BCUT2D eigenvalue weighted by Crippen LogP contribution is 2.39. The van der Waals surface area contributed by atoms with E-state index >= 15 is 0 Å². The molecule has 112 valence electrons. The van der Waals surface area contributed by atoms with Crippen molar-refractivity contribution >= 4 is 23.0 Å². The molecule has 2 aromatic heterocycles. The molecule has 1 saturated carbocycles. The van der Waals surface area contributed by atoms with Crippen molar-refractivity contribution in [1.29, 1.82) is 0 Å². The van der Waals surface area contributed by atoms with Gasteiger partial charge in [0, 0.05) is 21.2 Å². The summed E-state index contributed by atoms with van der Waals surface area (Å²) in [6.45, 7) is 8.46. The van der Waals surface area contributed by atoms with Crippen LogP contribution in [-0.2, 0) is 0 Å². The zero-order valence-corrected chi connectivity index (χ0v) is 13.8. The molecule has 2 heterocycles. The van der Waals surface area contributed by atoms with E-state index in [0.717, 1.165) is 17.2 Å². The Morgan fingerprint density at radius 3 is 2.57 bits per heavy atom. The third-order valence-corrected chi connectivity index (χ3v) is 5.02. The first-order valence-corrected chi connectivity index (χ1v) is 8.25. The van der Waals surface area contributed by atoms with E-state index in [1.165, 1.54) is 28.2 Å². The summed E-state index contributed by atoms with van der Waals surface area (Å²) in [5.74, 6) is 2.87. The fourth-order valence-electron chi connectivity index (χ4n) is 2.58.